The van der Waals surface area contributed by atoms with Gasteiger partial charge in [-0.3, -0.25) is 10.1 Å². The Labute approximate surface area is 123 Å². The molecular weight excluding hydrogens is 296 g/mol. The standard InChI is InChI=1S/C13H10N2O5S/c1-20-9-5-8(15(18)19)6-10(7-9)21-12-11(13(16)17)3-2-4-14-12/h2-7H,1H3,(H,16,17). The van der Waals surface area contributed by atoms with Crippen molar-refractivity contribution >= 4 is 23.4 Å². The van der Waals surface area contributed by atoms with E-state index in [4.69, 9.17) is 9.84 Å². The van der Waals surface area contributed by atoms with Gasteiger partial charge in [0.25, 0.3) is 5.69 Å². The van der Waals surface area contributed by atoms with Crippen LogP contribution >= 0.6 is 11.8 Å². The van der Waals surface area contributed by atoms with E-state index in [1.807, 2.05) is 0 Å². The lowest BCUT2D eigenvalue weighted by molar-refractivity contribution is -0.385. The molecule has 0 aliphatic rings. The van der Waals surface area contributed by atoms with Gasteiger partial charge in [-0.2, -0.15) is 0 Å². The normalized spacial score (nSPS) is 10.1. The molecule has 0 amide bonds. The van der Waals surface area contributed by atoms with E-state index in [0.717, 1.165) is 11.8 Å². The van der Waals surface area contributed by atoms with Crippen LogP contribution in [0.3, 0.4) is 0 Å². The summed E-state index contributed by atoms with van der Waals surface area (Å²) in [7, 11) is 1.40. The van der Waals surface area contributed by atoms with Crippen LogP contribution in [0.4, 0.5) is 5.69 Å². The summed E-state index contributed by atoms with van der Waals surface area (Å²) >= 11 is 1.03. The molecule has 0 unspecified atom stereocenters. The van der Waals surface area contributed by atoms with Crippen molar-refractivity contribution in [2.75, 3.05) is 7.11 Å². The van der Waals surface area contributed by atoms with Gasteiger partial charge in [0.15, 0.2) is 0 Å². The Balaban J connectivity index is 2.42. The van der Waals surface area contributed by atoms with E-state index >= 15 is 0 Å². The Kier molecular flexibility index (Phi) is 4.39. The number of methoxy groups -OCH3 is 1. The van der Waals surface area contributed by atoms with Crippen LogP contribution in [0.15, 0.2) is 46.5 Å². The third-order valence-electron chi connectivity index (χ3n) is 2.53. The third kappa shape index (κ3) is 3.48. The van der Waals surface area contributed by atoms with Crippen LogP contribution in [0, 0.1) is 10.1 Å². The van der Waals surface area contributed by atoms with Crippen LogP contribution in [0.25, 0.3) is 0 Å². The number of nitro benzene ring substituents is 1. The van der Waals surface area contributed by atoms with Crippen LogP contribution in [-0.2, 0) is 0 Å². The highest BCUT2D eigenvalue weighted by Crippen LogP contribution is 2.34. The van der Waals surface area contributed by atoms with Gasteiger partial charge in [-0.25, -0.2) is 9.78 Å². The highest BCUT2D eigenvalue weighted by atomic mass is 32.2. The molecular formula is C13H10N2O5S. The highest BCUT2D eigenvalue weighted by molar-refractivity contribution is 7.99. The molecule has 8 heteroatoms. The molecule has 0 fully saturated rings. The molecule has 0 spiro atoms. The first-order valence-corrected chi connectivity index (χ1v) is 6.52. The van der Waals surface area contributed by atoms with Crippen LogP contribution in [0.5, 0.6) is 5.75 Å². The summed E-state index contributed by atoms with van der Waals surface area (Å²) in [5.41, 5.74) is -0.0994. The first-order chi connectivity index (χ1) is 10.0. The fraction of sp³-hybridized carbons (Fsp3) is 0.0769. The summed E-state index contributed by atoms with van der Waals surface area (Å²) in [5, 5.41) is 20.2. The number of hydrogen-bond donors (Lipinski definition) is 1. The number of nitro groups is 1. The molecule has 0 aliphatic carbocycles. The fourth-order valence-corrected chi connectivity index (χ4v) is 2.54. The van der Waals surface area contributed by atoms with Gasteiger partial charge in [0, 0.05) is 17.2 Å². The molecule has 0 bridgehead atoms. The summed E-state index contributed by atoms with van der Waals surface area (Å²) in [6.45, 7) is 0. The molecule has 2 aromatic rings. The lowest BCUT2D eigenvalue weighted by atomic mass is 10.3. The van der Waals surface area contributed by atoms with E-state index in [0.29, 0.717) is 10.6 Å². The monoisotopic (exact) mass is 306 g/mol. The number of rotatable bonds is 5. The Bertz CT molecular complexity index is 705. The SMILES string of the molecule is COc1cc(Sc2ncccc2C(=O)O)cc([N+](=O)[O-])c1. The van der Waals surface area contributed by atoms with Crippen molar-refractivity contribution in [2.24, 2.45) is 0 Å². The zero-order chi connectivity index (χ0) is 15.4. The largest absolute Gasteiger partial charge is 0.496 e. The molecule has 0 aliphatic heterocycles. The first-order valence-electron chi connectivity index (χ1n) is 5.71. The number of hydrogen-bond acceptors (Lipinski definition) is 6. The second kappa shape index (κ2) is 6.23. The van der Waals surface area contributed by atoms with E-state index in [1.54, 1.807) is 6.07 Å². The predicted molar refractivity (Wildman–Crippen MR) is 75.0 cm³/mol. The fourth-order valence-electron chi connectivity index (χ4n) is 1.59. The number of carbonyl (C=O) groups is 1. The number of aromatic carboxylic acids is 1. The van der Waals surface area contributed by atoms with Gasteiger partial charge in [0.1, 0.15) is 10.8 Å². The molecule has 1 N–H and O–H groups in total. The minimum atomic E-state index is -1.11. The van der Waals surface area contributed by atoms with E-state index in [1.165, 1.54) is 37.6 Å². The van der Waals surface area contributed by atoms with Gasteiger partial charge in [-0.15, -0.1) is 0 Å². The first kappa shape index (κ1) is 14.8. The summed E-state index contributed by atoms with van der Waals surface area (Å²) in [6, 6.07) is 7.15. The van der Waals surface area contributed by atoms with E-state index in [2.05, 4.69) is 4.98 Å². The van der Waals surface area contributed by atoms with Gasteiger partial charge in [0.2, 0.25) is 0 Å². The average Bonchev–Trinajstić information content (AvgIpc) is 2.47. The van der Waals surface area contributed by atoms with Crippen molar-refractivity contribution in [3.05, 3.63) is 52.2 Å². The molecule has 1 heterocycles. The summed E-state index contributed by atoms with van der Waals surface area (Å²) in [6.07, 6.45) is 1.46. The number of aromatic nitrogens is 1. The number of nitrogens with zero attached hydrogens (tertiary/aromatic N) is 2. The lowest BCUT2D eigenvalue weighted by Crippen LogP contribution is -2.00. The van der Waals surface area contributed by atoms with Crippen molar-refractivity contribution in [3.63, 3.8) is 0 Å². The second-order valence-corrected chi connectivity index (χ2v) is 4.95. The van der Waals surface area contributed by atoms with Crippen LogP contribution in [0.2, 0.25) is 0 Å². The molecule has 1 aromatic carbocycles. The average molecular weight is 306 g/mol. The van der Waals surface area contributed by atoms with Crippen LogP contribution < -0.4 is 4.74 Å². The second-order valence-electron chi connectivity index (χ2n) is 3.89. The van der Waals surface area contributed by atoms with Crippen molar-refractivity contribution in [1.29, 1.82) is 0 Å². The zero-order valence-corrected chi connectivity index (χ0v) is 11.7. The topological polar surface area (TPSA) is 103 Å². The van der Waals surface area contributed by atoms with E-state index in [9.17, 15) is 14.9 Å². The molecule has 108 valence electrons. The van der Waals surface area contributed by atoms with Gasteiger partial charge < -0.3 is 9.84 Å². The van der Waals surface area contributed by atoms with E-state index < -0.39 is 10.9 Å². The number of carboxylic acids is 1. The minimum absolute atomic E-state index is 0.0352. The lowest BCUT2D eigenvalue weighted by Gasteiger charge is -2.06. The molecule has 0 saturated heterocycles. The van der Waals surface area contributed by atoms with Gasteiger partial charge in [0.05, 0.1) is 23.7 Å². The maximum Gasteiger partial charge on any atom is 0.338 e. The van der Waals surface area contributed by atoms with Crippen molar-refractivity contribution in [1.82, 2.24) is 4.98 Å². The molecule has 7 nitrogen and oxygen atoms in total. The highest BCUT2D eigenvalue weighted by Gasteiger charge is 2.15. The van der Waals surface area contributed by atoms with Crippen LogP contribution in [0.1, 0.15) is 10.4 Å². The Morgan fingerprint density at radius 3 is 2.81 bits per heavy atom. The number of ether oxygens (including phenoxy) is 1. The number of carboxylic acid groups (broad SMARTS) is 1. The molecule has 21 heavy (non-hydrogen) atoms. The van der Waals surface area contributed by atoms with Gasteiger partial charge in [-0.1, -0.05) is 11.8 Å². The third-order valence-corrected chi connectivity index (χ3v) is 3.52. The molecule has 0 saturated carbocycles. The Hall–Kier alpha value is -2.61. The smallest absolute Gasteiger partial charge is 0.338 e. The quantitative estimate of drug-likeness (QED) is 0.669. The van der Waals surface area contributed by atoms with Crippen molar-refractivity contribution in [3.8, 4) is 5.75 Å². The Morgan fingerprint density at radius 2 is 2.19 bits per heavy atom. The molecule has 2 rings (SSSR count). The number of pyridine rings is 1. The molecule has 0 atom stereocenters. The van der Waals surface area contributed by atoms with Crippen LogP contribution in [-0.4, -0.2) is 28.1 Å². The maximum absolute atomic E-state index is 11.1. The predicted octanol–water partition coefficient (Wildman–Crippen LogP) is 2.85. The van der Waals surface area contributed by atoms with E-state index in [-0.39, 0.29) is 16.3 Å². The summed E-state index contributed by atoms with van der Waals surface area (Å²) < 4.78 is 5.01. The maximum atomic E-state index is 11.1. The minimum Gasteiger partial charge on any atom is -0.496 e. The Morgan fingerprint density at radius 1 is 1.43 bits per heavy atom. The summed E-state index contributed by atoms with van der Waals surface area (Å²) in [4.78, 5) is 25.9. The van der Waals surface area contributed by atoms with Crippen molar-refractivity contribution in [2.45, 2.75) is 9.92 Å². The molecule has 0 radical (unpaired) electrons. The van der Waals surface area contributed by atoms with Crippen molar-refractivity contribution < 1.29 is 19.6 Å². The zero-order valence-electron chi connectivity index (χ0n) is 10.8. The molecule has 1 aromatic heterocycles. The van der Waals surface area contributed by atoms with Gasteiger partial charge in [-0.05, 0) is 18.2 Å². The number of non-ortho nitro benzene ring substituents is 1. The van der Waals surface area contributed by atoms with Gasteiger partial charge >= 0.3 is 5.97 Å². The summed E-state index contributed by atoms with van der Waals surface area (Å²) in [5.74, 6) is -0.789. The number of benzene rings is 1.